The number of hydrogen-bond acceptors (Lipinski definition) is 3. The zero-order chi connectivity index (χ0) is 10.2. The average Bonchev–Trinajstić information content (AvgIpc) is 2.25. The van der Waals surface area contributed by atoms with Gasteiger partial charge in [-0.05, 0) is 51.1 Å². The van der Waals surface area contributed by atoms with Gasteiger partial charge < -0.3 is 10.1 Å². The van der Waals surface area contributed by atoms with Crippen LogP contribution in [0.5, 0.6) is 0 Å². The molecule has 1 heterocycles. The Morgan fingerprint density at radius 2 is 2.21 bits per heavy atom. The van der Waals surface area contributed by atoms with Gasteiger partial charge in [-0.1, -0.05) is 6.92 Å². The topological polar surface area (TPSA) is 38.3 Å². The lowest BCUT2D eigenvalue weighted by Gasteiger charge is -2.23. The summed E-state index contributed by atoms with van der Waals surface area (Å²) in [5, 5.41) is 3.35. The highest BCUT2D eigenvalue weighted by Gasteiger charge is 2.15. The van der Waals surface area contributed by atoms with E-state index >= 15 is 0 Å². The Balaban J connectivity index is 2.13. The second kappa shape index (κ2) is 6.82. The summed E-state index contributed by atoms with van der Waals surface area (Å²) in [4.78, 5) is 10.2. The third-order valence-electron chi connectivity index (χ3n) is 3.06. The van der Waals surface area contributed by atoms with Gasteiger partial charge in [-0.3, -0.25) is 4.79 Å². The standard InChI is InChI=1S/C11H21NO2/c1-2-11(14-9-13)4-3-10-5-7-12-8-6-10/h9-12H,2-8H2,1H3. The number of ether oxygens (including phenoxy) is 1. The number of carbonyl (C=O) groups excluding carboxylic acids is 1. The normalized spacial score (nSPS) is 20.4. The fourth-order valence-corrected chi connectivity index (χ4v) is 2.04. The molecule has 0 saturated carbocycles. The van der Waals surface area contributed by atoms with Gasteiger partial charge in [0.2, 0.25) is 0 Å². The van der Waals surface area contributed by atoms with E-state index in [4.69, 9.17) is 4.74 Å². The minimum Gasteiger partial charge on any atom is -0.465 e. The molecular weight excluding hydrogens is 178 g/mol. The van der Waals surface area contributed by atoms with Crippen LogP contribution in [0.15, 0.2) is 0 Å². The molecule has 0 bridgehead atoms. The predicted octanol–water partition coefficient (Wildman–Crippen LogP) is 1.72. The van der Waals surface area contributed by atoms with Crippen LogP contribution in [0.4, 0.5) is 0 Å². The van der Waals surface area contributed by atoms with Crippen molar-refractivity contribution in [2.75, 3.05) is 13.1 Å². The molecule has 0 aromatic carbocycles. The summed E-state index contributed by atoms with van der Waals surface area (Å²) in [5.74, 6) is 0.834. The zero-order valence-corrected chi connectivity index (χ0v) is 9.00. The maximum atomic E-state index is 10.2. The van der Waals surface area contributed by atoms with E-state index in [0.717, 1.165) is 31.8 Å². The molecule has 1 saturated heterocycles. The monoisotopic (exact) mass is 199 g/mol. The van der Waals surface area contributed by atoms with Crippen molar-refractivity contribution < 1.29 is 9.53 Å². The predicted molar refractivity (Wildman–Crippen MR) is 56.1 cm³/mol. The molecule has 0 aliphatic carbocycles. The maximum Gasteiger partial charge on any atom is 0.293 e. The first kappa shape index (κ1) is 11.5. The molecular formula is C11H21NO2. The number of nitrogens with one attached hydrogen (secondary N) is 1. The Morgan fingerprint density at radius 3 is 2.79 bits per heavy atom. The smallest absolute Gasteiger partial charge is 0.293 e. The molecule has 1 N–H and O–H groups in total. The lowest BCUT2D eigenvalue weighted by Crippen LogP contribution is -2.28. The highest BCUT2D eigenvalue weighted by Crippen LogP contribution is 2.20. The van der Waals surface area contributed by atoms with Gasteiger partial charge in [0.15, 0.2) is 0 Å². The average molecular weight is 199 g/mol. The summed E-state index contributed by atoms with van der Waals surface area (Å²) >= 11 is 0. The van der Waals surface area contributed by atoms with Crippen LogP contribution in [0.3, 0.4) is 0 Å². The van der Waals surface area contributed by atoms with Crippen molar-refractivity contribution in [1.82, 2.24) is 5.32 Å². The van der Waals surface area contributed by atoms with E-state index in [9.17, 15) is 4.79 Å². The van der Waals surface area contributed by atoms with Gasteiger partial charge >= 0.3 is 0 Å². The second-order valence-electron chi connectivity index (χ2n) is 4.03. The summed E-state index contributed by atoms with van der Waals surface area (Å²) in [7, 11) is 0. The van der Waals surface area contributed by atoms with Crippen molar-refractivity contribution in [2.45, 2.75) is 45.1 Å². The maximum absolute atomic E-state index is 10.2. The molecule has 14 heavy (non-hydrogen) atoms. The zero-order valence-electron chi connectivity index (χ0n) is 9.00. The van der Waals surface area contributed by atoms with Crippen molar-refractivity contribution in [2.24, 2.45) is 5.92 Å². The molecule has 3 heteroatoms. The lowest BCUT2D eigenvalue weighted by molar-refractivity contribution is -0.134. The molecule has 1 unspecified atom stereocenters. The van der Waals surface area contributed by atoms with Crippen LogP contribution >= 0.6 is 0 Å². The van der Waals surface area contributed by atoms with Crippen LogP contribution in [-0.2, 0) is 9.53 Å². The number of hydrogen-bond donors (Lipinski definition) is 1. The van der Waals surface area contributed by atoms with E-state index < -0.39 is 0 Å². The SMILES string of the molecule is CCC(CCC1CCNCC1)OC=O. The number of rotatable bonds is 6. The molecule has 0 amide bonds. The van der Waals surface area contributed by atoms with Crippen molar-refractivity contribution in [3.63, 3.8) is 0 Å². The first-order valence-electron chi connectivity index (χ1n) is 5.66. The van der Waals surface area contributed by atoms with Crippen LogP contribution in [-0.4, -0.2) is 25.7 Å². The Morgan fingerprint density at radius 1 is 1.50 bits per heavy atom. The summed E-state index contributed by atoms with van der Waals surface area (Å²) in [6, 6.07) is 0. The first-order chi connectivity index (χ1) is 6.86. The highest BCUT2D eigenvalue weighted by atomic mass is 16.5. The summed E-state index contributed by atoms with van der Waals surface area (Å²) in [6.07, 6.45) is 5.86. The Kier molecular flexibility index (Phi) is 5.60. The third kappa shape index (κ3) is 4.09. The second-order valence-corrected chi connectivity index (χ2v) is 4.03. The van der Waals surface area contributed by atoms with Gasteiger partial charge in [-0.2, -0.15) is 0 Å². The third-order valence-corrected chi connectivity index (χ3v) is 3.06. The molecule has 82 valence electrons. The Labute approximate surface area is 86.2 Å². The molecule has 0 spiro atoms. The van der Waals surface area contributed by atoms with Crippen LogP contribution in [0, 0.1) is 5.92 Å². The van der Waals surface area contributed by atoms with Crippen LogP contribution in [0.2, 0.25) is 0 Å². The Bertz CT molecular complexity index is 155. The summed E-state index contributed by atoms with van der Waals surface area (Å²) in [6.45, 7) is 4.94. The van der Waals surface area contributed by atoms with Gasteiger partial charge in [0.25, 0.3) is 6.47 Å². The fourth-order valence-electron chi connectivity index (χ4n) is 2.04. The largest absolute Gasteiger partial charge is 0.465 e. The molecule has 1 aliphatic rings. The fraction of sp³-hybridized carbons (Fsp3) is 0.909. The molecule has 1 aliphatic heterocycles. The van der Waals surface area contributed by atoms with Gasteiger partial charge in [0.05, 0.1) is 0 Å². The van der Waals surface area contributed by atoms with Gasteiger partial charge in [-0.25, -0.2) is 0 Å². The van der Waals surface area contributed by atoms with Crippen molar-refractivity contribution in [3.8, 4) is 0 Å². The summed E-state index contributed by atoms with van der Waals surface area (Å²) < 4.78 is 4.99. The minimum atomic E-state index is 0.141. The lowest BCUT2D eigenvalue weighted by atomic mass is 9.91. The number of piperidine rings is 1. The minimum absolute atomic E-state index is 0.141. The van der Waals surface area contributed by atoms with E-state index in [2.05, 4.69) is 12.2 Å². The molecule has 0 aromatic heterocycles. The molecule has 0 radical (unpaired) electrons. The van der Waals surface area contributed by atoms with E-state index in [1.165, 1.54) is 19.3 Å². The molecule has 1 rings (SSSR count). The summed E-state index contributed by atoms with van der Waals surface area (Å²) in [5.41, 5.74) is 0. The van der Waals surface area contributed by atoms with E-state index in [0.29, 0.717) is 6.47 Å². The van der Waals surface area contributed by atoms with Crippen LogP contribution < -0.4 is 5.32 Å². The van der Waals surface area contributed by atoms with E-state index in [-0.39, 0.29) is 6.10 Å². The quantitative estimate of drug-likeness (QED) is 0.662. The van der Waals surface area contributed by atoms with Crippen LogP contribution in [0.25, 0.3) is 0 Å². The van der Waals surface area contributed by atoms with Crippen molar-refractivity contribution in [1.29, 1.82) is 0 Å². The van der Waals surface area contributed by atoms with Gasteiger partial charge in [0.1, 0.15) is 6.10 Å². The molecule has 0 aromatic rings. The van der Waals surface area contributed by atoms with Gasteiger partial charge in [0, 0.05) is 0 Å². The van der Waals surface area contributed by atoms with Gasteiger partial charge in [-0.15, -0.1) is 0 Å². The highest BCUT2D eigenvalue weighted by molar-refractivity contribution is 5.37. The van der Waals surface area contributed by atoms with E-state index in [1.54, 1.807) is 0 Å². The first-order valence-corrected chi connectivity index (χ1v) is 5.66. The van der Waals surface area contributed by atoms with E-state index in [1.807, 2.05) is 0 Å². The van der Waals surface area contributed by atoms with Crippen LogP contribution in [0.1, 0.15) is 39.0 Å². The Hall–Kier alpha value is -0.570. The molecule has 3 nitrogen and oxygen atoms in total. The number of carbonyl (C=O) groups is 1. The molecule has 1 atom stereocenters. The van der Waals surface area contributed by atoms with Crippen molar-refractivity contribution in [3.05, 3.63) is 0 Å². The molecule has 1 fully saturated rings. The van der Waals surface area contributed by atoms with Crippen molar-refractivity contribution >= 4 is 6.47 Å².